The van der Waals surface area contributed by atoms with Crippen LogP contribution in [0.4, 0.5) is 5.82 Å². The predicted octanol–water partition coefficient (Wildman–Crippen LogP) is 5.94. The van der Waals surface area contributed by atoms with Crippen molar-refractivity contribution in [1.29, 1.82) is 0 Å². The lowest BCUT2D eigenvalue weighted by molar-refractivity contribution is -0.116. The molecule has 5 heterocycles. The third-order valence-electron chi connectivity index (χ3n) is 7.04. The first-order chi connectivity index (χ1) is 17.7. The molecule has 7 heteroatoms. The molecule has 0 radical (unpaired) electrons. The van der Waals surface area contributed by atoms with Crippen LogP contribution in [-0.2, 0) is 17.6 Å². The number of aliphatic imine (C=N–C) groups is 1. The fourth-order valence-corrected chi connectivity index (χ4v) is 5.18. The molecule has 1 atom stereocenters. The van der Waals surface area contributed by atoms with Crippen LogP contribution < -0.4 is 14.8 Å². The van der Waals surface area contributed by atoms with Gasteiger partial charge in [0.1, 0.15) is 34.9 Å². The molecule has 2 aromatic heterocycles. The van der Waals surface area contributed by atoms with Gasteiger partial charge in [-0.05, 0) is 48.7 Å². The number of allylic oxidation sites excluding steroid dienone is 1. The number of pyridine rings is 1. The van der Waals surface area contributed by atoms with Gasteiger partial charge in [0.05, 0.1) is 12.3 Å². The highest BCUT2D eigenvalue weighted by atomic mass is 16.5. The number of para-hydroxylation sites is 1. The van der Waals surface area contributed by atoms with Crippen LogP contribution >= 0.6 is 0 Å². The maximum Gasteiger partial charge on any atom is 0.225 e. The van der Waals surface area contributed by atoms with E-state index in [9.17, 15) is 4.79 Å². The van der Waals surface area contributed by atoms with Crippen molar-refractivity contribution in [3.8, 4) is 17.2 Å². The van der Waals surface area contributed by atoms with Crippen molar-refractivity contribution in [2.45, 2.75) is 25.7 Å². The summed E-state index contributed by atoms with van der Waals surface area (Å²) in [5.41, 5.74) is 6.03. The molecule has 3 aliphatic rings. The quantitative estimate of drug-likeness (QED) is 0.393. The molecule has 0 bridgehead atoms. The van der Waals surface area contributed by atoms with Crippen LogP contribution in [0.2, 0.25) is 0 Å². The molecule has 0 spiro atoms. The Morgan fingerprint density at radius 3 is 3.00 bits per heavy atom. The van der Waals surface area contributed by atoms with Gasteiger partial charge in [-0.15, -0.1) is 0 Å². The summed E-state index contributed by atoms with van der Waals surface area (Å²) in [7, 11) is 0. The number of carbonyl (C=O) groups is 1. The van der Waals surface area contributed by atoms with E-state index in [1.165, 1.54) is 0 Å². The third-order valence-corrected chi connectivity index (χ3v) is 7.04. The zero-order chi connectivity index (χ0) is 24.1. The molecule has 0 saturated carbocycles. The van der Waals surface area contributed by atoms with Gasteiger partial charge in [0.25, 0.3) is 0 Å². The Morgan fingerprint density at radius 1 is 1.08 bits per heavy atom. The van der Waals surface area contributed by atoms with Crippen molar-refractivity contribution in [3.05, 3.63) is 83.8 Å². The minimum absolute atomic E-state index is 0.0162. The Labute approximate surface area is 207 Å². The largest absolute Gasteiger partial charge is 0.493 e. The number of furan rings is 1. The molecule has 3 aliphatic heterocycles. The van der Waals surface area contributed by atoms with E-state index in [0.29, 0.717) is 25.3 Å². The molecule has 7 rings (SSSR count). The van der Waals surface area contributed by atoms with E-state index < -0.39 is 0 Å². The van der Waals surface area contributed by atoms with Crippen LogP contribution in [0.25, 0.3) is 16.7 Å². The molecule has 178 valence electrons. The number of nitrogens with zero attached hydrogens (tertiary/aromatic N) is 2. The highest BCUT2D eigenvalue weighted by Crippen LogP contribution is 2.38. The van der Waals surface area contributed by atoms with Crippen molar-refractivity contribution >= 4 is 34.1 Å². The second-order valence-electron chi connectivity index (χ2n) is 9.31. The van der Waals surface area contributed by atoms with Crippen molar-refractivity contribution in [2.24, 2.45) is 10.9 Å². The average Bonchev–Trinajstić information content (AvgIpc) is 3.56. The summed E-state index contributed by atoms with van der Waals surface area (Å²) in [5, 5.41) is 3.90. The van der Waals surface area contributed by atoms with Gasteiger partial charge in [0.2, 0.25) is 5.91 Å². The number of hydrogen-bond donors (Lipinski definition) is 1. The van der Waals surface area contributed by atoms with Crippen LogP contribution in [0.5, 0.6) is 17.2 Å². The Hall–Kier alpha value is -4.39. The van der Waals surface area contributed by atoms with Gasteiger partial charge >= 0.3 is 0 Å². The second kappa shape index (κ2) is 8.37. The number of fused-ring (bicyclic) bond motifs is 3. The first-order valence-electron chi connectivity index (χ1n) is 12.2. The molecule has 0 aliphatic carbocycles. The number of ether oxygens (including phenoxy) is 2. The van der Waals surface area contributed by atoms with E-state index in [4.69, 9.17) is 18.9 Å². The topological polar surface area (TPSA) is 86.0 Å². The molecular formula is C29H23N3O4. The molecule has 1 amide bonds. The Morgan fingerprint density at radius 2 is 2.03 bits per heavy atom. The number of nitrogens with one attached hydrogen (secondary N) is 1. The van der Waals surface area contributed by atoms with E-state index in [-0.39, 0.29) is 11.8 Å². The maximum atomic E-state index is 11.7. The van der Waals surface area contributed by atoms with E-state index in [0.717, 1.165) is 69.2 Å². The lowest BCUT2D eigenvalue weighted by atomic mass is 9.91. The SMILES string of the molecule is O=C1CCc2c(Oc3ccc4c(c3)CC(C3=NC(c5coc6ccccc56)=CC3)CO4)ccnc2N1. The first-order valence-corrected chi connectivity index (χ1v) is 12.2. The van der Waals surface area contributed by atoms with Gasteiger partial charge in [0, 0.05) is 47.2 Å². The van der Waals surface area contributed by atoms with E-state index >= 15 is 0 Å². The lowest BCUT2D eigenvalue weighted by Crippen LogP contribution is -2.27. The zero-order valence-electron chi connectivity index (χ0n) is 19.5. The summed E-state index contributed by atoms with van der Waals surface area (Å²) in [6, 6.07) is 15.8. The smallest absolute Gasteiger partial charge is 0.225 e. The van der Waals surface area contributed by atoms with Crippen molar-refractivity contribution in [3.63, 3.8) is 0 Å². The zero-order valence-corrected chi connectivity index (χ0v) is 19.5. The third kappa shape index (κ3) is 3.64. The highest BCUT2D eigenvalue weighted by molar-refractivity contribution is 6.01. The van der Waals surface area contributed by atoms with Crippen molar-refractivity contribution in [2.75, 3.05) is 11.9 Å². The maximum absolute atomic E-state index is 11.7. The summed E-state index contributed by atoms with van der Waals surface area (Å²) in [4.78, 5) is 21.0. The van der Waals surface area contributed by atoms with Gasteiger partial charge < -0.3 is 19.2 Å². The minimum atomic E-state index is -0.0162. The van der Waals surface area contributed by atoms with Crippen LogP contribution in [0.3, 0.4) is 0 Å². The molecule has 0 saturated heterocycles. The number of hydrogen-bond acceptors (Lipinski definition) is 6. The number of rotatable bonds is 4. The first kappa shape index (κ1) is 20.9. The molecule has 1 N–H and O–H groups in total. The van der Waals surface area contributed by atoms with Gasteiger partial charge in [-0.1, -0.05) is 24.3 Å². The number of amides is 1. The summed E-state index contributed by atoms with van der Waals surface area (Å²) in [5.74, 6) is 3.10. The molecule has 4 aromatic rings. The number of carbonyl (C=O) groups excluding carboxylic acids is 1. The van der Waals surface area contributed by atoms with Crippen LogP contribution in [0, 0.1) is 5.92 Å². The summed E-state index contributed by atoms with van der Waals surface area (Å²) >= 11 is 0. The Bertz CT molecular complexity index is 1580. The van der Waals surface area contributed by atoms with Crippen molar-refractivity contribution < 1.29 is 18.7 Å². The van der Waals surface area contributed by atoms with E-state index in [2.05, 4.69) is 22.4 Å². The number of aromatic nitrogens is 1. The molecule has 2 aromatic carbocycles. The monoisotopic (exact) mass is 477 g/mol. The van der Waals surface area contributed by atoms with Crippen molar-refractivity contribution in [1.82, 2.24) is 4.98 Å². The predicted molar refractivity (Wildman–Crippen MR) is 137 cm³/mol. The average molecular weight is 478 g/mol. The second-order valence-corrected chi connectivity index (χ2v) is 9.31. The Balaban J connectivity index is 1.11. The highest BCUT2D eigenvalue weighted by Gasteiger charge is 2.28. The molecule has 1 unspecified atom stereocenters. The standard InChI is InChI=1S/C29H23N3O4/c33-28-10-6-21-27(11-12-30-29(21)32-28)36-19-5-9-25-17(14-19)13-18(15-34-25)23-7-8-24(31-23)22-16-35-26-4-2-1-3-20(22)26/h1-5,8-9,11-12,14,16,18H,6-7,10,13,15H2,(H,30,32,33). The minimum Gasteiger partial charge on any atom is -0.493 e. The summed E-state index contributed by atoms with van der Waals surface area (Å²) in [6.07, 6.45) is 8.31. The normalized spacial score (nSPS) is 18.6. The van der Waals surface area contributed by atoms with Gasteiger partial charge in [-0.3, -0.25) is 9.79 Å². The molecule has 7 nitrogen and oxygen atoms in total. The molecule has 36 heavy (non-hydrogen) atoms. The fraction of sp³-hybridized carbons (Fsp3) is 0.207. The van der Waals surface area contributed by atoms with E-state index in [1.54, 1.807) is 12.5 Å². The molecular weight excluding hydrogens is 454 g/mol. The fourth-order valence-electron chi connectivity index (χ4n) is 5.18. The van der Waals surface area contributed by atoms with Gasteiger partial charge in [-0.2, -0.15) is 0 Å². The molecule has 0 fully saturated rings. The van der Waals surface area contributed by atoms with E-state index in [1.807, 2.05) is 42.5 Å². The summed E-state index contributed by atoms with van der Waals surface area (Å²) < 4.78 is 18.1. The van der Waals surface area contributed by atoms with Crippen LogP contribution in [-0.4, -0.2) is 23.2 Å². The number of anilines is 1. The van der Waals surface area contributed by atoms with Gasteiger partial charge in [-0.25, -0.2) is 4.98 Å². The Kier molecular flexibility index (Phi) is 4.87. The lowest BCUT2D eigenvalue weighted by Gasteiger charge is -2.26. The number of benzene rings is 2. The van der Waals surface area contributed by atoms with Gasteiger partial charge in [0.15, 0.2) is 0 Å². The van der Waals surface area contributed by atoms with Crippen LogP contribution in [0.1, 0.15) is 29.5 Å². The summed E-state index contributed by atoms with van der Waals surface area (Å²) in [6.45, 7) is 0.608. The van der Waals surface area contributed by atoms with Crippen LogP contribution in [0.15, 0.2) is 76.5 Å².